The summed E-state index contributed by atoms with van der Waals surface area (Å²) in [5.74, 6) is -1.02. The van der Waals surface area contributed by atoms with E-state index in [1.807, 2.05) is 30.5 Å². The molecule has 0 heterocycles. The molecule has 4 N–H and O–H groups in total. The number of aromatic carboxylic acids is 1. The molecular weight excluding hydrogens is 260 g/mol. The molecule has 0 unspecified atom stereocenters. The van der Waals surface area contributed by atoms with Gasteiger partial charge in [-0.1, -0.05) is 0 Å². The topological polar surface area (TPSA) is 75.3 Å². The molecule has 19 heavy (non-hydrogen) atoms. The van der Waals surface area contributed by atoms with Crippen LogP contribution in [0.3, 0.4) is 0 Å². The third-order valence-electron chi connectivity index (χ3n) is 2.66. The molecule has 2 aromatic rings. The van der Waals surface area contributed by atoms with Crippen LogP contribution < -0.4 is 11.1 Å². The first-order chi connectivity index (χ1) is 9.10. The van der Waals surface area contributed by atoms with Crippen molar-refractivity contribution in [2.45, 2.75) is 4.90 Å². The molecule has 2 rings (SSSR count). The molecular formula is C14H14N2O2S. The minimum absolute atomic E-state index is 0.114. The van der Waals surface area contributed by atoms with E-state index >= 15 is 0 Å². The van der Waals surface area contributed by atoms with Crippen molar-refractivity contribution in [1.82, 2.24) is 0 Å². The summed E-state index contributed by atoms with van der Waals surface area (Å²) in [5, 5.41) is 12.1. The van der Waals surface area contributed by atoms with Crippen molar-refractivity contribution in [3.8, 4) is 0 Å². The lowest BCUT2D eigenvalue weighted by molar-refractivity contribution is 0.0698. The molecule has 0 fully saturated rings. The number of hydrogen-bond acceptors (Lipinski definition) is 4. The van der Waals surface area contributed by atoms with Gasteiger partial charge in [-0.3, -0.25) is 0 Å². The van der Waals surface area contributed by atoms with Crippen molar-refractivity contribution < 1.29 is 9.90 Å². The molecule has 98 valence electrons. The summed E-state index contributed by atoms with van der Waals surface area (Å²) >= 11 is 1.68. The van der Waals surface area contributed by atoms with E-state index in [-0.39, 0.29) is 11.3 Å². The van der Waals surface area contributed by atoms with Crippen LogP contribution in [0.1, 0.15) is 10.4 Å². The Labute approximate surface area is 115 Å². The third kappa shape index (κ3) is 3.20. The van der Waals surface area contributed by atoms with Gasteiger partial charge in [0.1, 0.15) is 0 Å². The molecule has 0 saturated heterocycles. The molecule has 0 saturated carbocycles. The molecule has 0 aliphatic heterocycles. The second-order valence-corrected chi connectivity index (χ2v) is 4.84. The number of rotatable bonds is 4. The monoisotopic (exact) mass is 274 g/mol. The lowest BCUT2D eigenvalue weighted by Gasteiger charge is -2.09. The maximum Gasteiger partial charge on any atom is 0.337 e. The van der Waals surface area contributed by atoms with Crippen molar-refractivity contribution in [2.24, 2.45) is 0 Å². The zero-order valence-electron chi connectivity index (χ0n) is 10.4. The summed E-state index contributed by atoms with van der Waals surface area (Å²) in [6.07, 6.45) is 2.02. The summed E-state index contributed by atoms with van der Waals surface area (Å²) in [6, 6.07) is 12.8. The van der Waals surface area contributed by atoms with Gasteiger partial charge in [0.25, 0.3) is 0 Å². The van der Waals surface area contributed by atoms with Gasteiger partial charge in [0, 0.05) is 22.0 Å². The zero-order chi connectivity index (χ0) is 13.8. The number of thioether (sulfide) groups is 1. The maximum absolute atomic E-state index is 10.9. The van der Waals surface area contributed by atoms with Gasteiger partial charge >= 0.3 is 5.97 Å². The van der Waals surface area contributed by atoms with Gasteiger partial charge in [0.2, 0.25) is 0 Å². The van der Waals surface area contributed by atoms with Crippen LogP contribution in [0.25, 0.3) is 0 Å². The van der Waals surface area contributed by atoms with E-state index in [1.54, 1.807) is 23.9 Å². The number of hydrogen-bond donors (Lipinski definition) is 3. The summed E-state index contributed by atoms with van der Waals surface area (Å²) in [7, 11) is 0. The van der Waals surface area contributed by atoms with Crippen LogP contribution in [0, 0.1) is 0 Å². The molecule has 0 radical (unpaired) electrons. The van der Waals surface area contributed by atoms with Crippen LogP contribution in [0.5, 0.6) is 0 Å². The number of anilines is 3. The number of carboxylic acids is 1. The molecule has 0 amide bonds. The molecule has 0 spiro atoms. The summed E-state index contributed by atoms with van der Waals surface area (Å²) in [6.45, 7) is 0. The minimum atomic E-state index is -1.02. The Morgan fingerprint density at radius 1 is 1.16 bits per heavy atom. The Balaban J connectivity index is 2.18. The van der Waals surface area contributed by atoms with Crippen LogP contribution in [0.4, 0.5) is 17.1 Å². The molecule has 0 atom stereocenters. The molecule has 0 aromatic heterocycles. The summed E-state index contributed by atoms with van der Waals surface area (Å²) < 4.78 is 0. The van der Waals surface area contributed by atoms with E-state index in [0.29, 0.717) is 0 Å². The van der Waals surface area contributed by atoms with Gasteiger partial charge < -0.3 is 16.2 Å². The Hall–Kier alpha value is -2.14. The standard InChI is InChI=1S/C14H14N2O2S/c1-19-11-5-2-9(3-6-11)16-10-4-7-12(14(17)18)13(15)8-10/h2-8,16H,15H2,1H3,(H,17,18). The molecule has 0 aliphatic carbocycles. The number of nitrogen functional groups attached to an aromatic ring is 1. The maximum atomic E-state index is 10.9. The van der Waals surface area contributed by atoms with E-state index in [4.69, 9.17) is 10.8 Å². The lowest BCUT2D eigenvalue weighted by Crippen LogP contribution is -2.02. The van der Waals surface area contributed by atoms with Crippen molar-refractivity contribution in [3.63, 3.8) is 0 Å². The van der Waals surface area contributed by atoms with E-state index < -0.39 is 5.97 Å². The van der Waals surface area contributed by atoms with E-state index in [9.17, 15) is 4.79 Å². The highest BCUT2D eigenvalue weighted by Crippen LogP contribution is 2.23. The number of carboxylic acid groups (broad SMARTS) is 1. The largest absolute Gasteiger partial charge is 0.478 e. The fourth-order valence-corrected chi connectivity index (χ4v) is 2.08. The minimum Gasteiger partial charge on any atom is -0.478 e. The first-order valence-electron chi connectivity index (χ1n) is 5.64. The van der Waals surface area contributed by atoms with Crippen LogP contribution in [-0.4, -0.2) is 17.3 Å². The SMILES string of the molecule is CSc1ccc(Nc2ccc(C(=O)O)c(N)c2)cc1. The first-order valence-corrected chi connectivity index (χ1v) is 6.86. The van der Waals surface area contributed by atoms with Crippen LogP contribution >= 0.6 is 11.8 Å². The average Bonchev–Trinajstić information content (AvgIpc) is 2.39. The van der Waals surface area contributed by atoms with Crippen molar-refractivity contribution in [2.75, 3.05) is 17.3 Å². The predicted octanol–water partition coefficient (Wildman–Crippen LogP) is 3.43. The van der Waals surface area contributed by atoms with Gasteiger partial charge in [0.05, 0.1) is 5.56 Å². The highest BCUT2D eigenvalue weighted by molar-refractivity contribution is 7.98. The molecule has 5 heteroatoms. The van der Waals surface area contributed by atoms with Gasteiger partial charge in [0.15, 0.2) is 0 Å². The molecule has 4 nitrogen and oxygen atoms in total. The third-order valence-corrected chi connectivity index (χ3v) is 3.40. The summed E-state index contributed by atoms with van der Waals surface area (Å²) in [5.41, 5.74) is 7.75. The van der Waals surface area contributed by atoms with Crippen molar-refractivity contribution in [3.05, 3.63) is 48.0 Å². The average molecular weight is 274 g/mol. The van der Waals surface area contributed by atoms with Gasteiger partial charge in [-0.05, 0) is 48.7 Å². The molecule has 2 aromatic carbocycles. The second-order valence-electron chi connectivity index (χ2n) is 3.96. The van der Waals surface area contributed by atoms with E-state index in [1.165, 1.54) is 11.0 Å². The Bertz CT molecular complexity index is 597. The van der Waals surface area contributed by atoms with Crippen LogP contribution in [0.2, 0.25) is 0 Å². The predicted molar refractivity (Wildman–Crippen MR) is 79.3 cm³/mol. The van der Waals surface area contributed by atoms with Crippen molar-refractivity contribution >= 4 is 34.8 Å². The summed E-state index contributed by atoms with van der Waals surface area (Å²) in [4.78, 5) is 12.0. The Morgan fingerprint density at radius 2 is 1.79 bits per heavy atom. The van der Waals surface area contributed by atoms with Crippen molar-refractivity contribution in [1.29, 1.82) is 0 Å². The Kier molecular flexibility index (Phi) is 3.97. The fraction of sp³-hybridized carbons (Fsp3) is 0.0714. The fourth-order valence-electron chi connectivity index (χ4n) is 1.68. The number of carbonyl (C=O) groups is 1. The van der Waals surface area contributed by atoms with Gasteiger partial charge in [-0.2, -0.15) is 0 Å². The molecule has 0 bridgehead atoms. The van der Waals surface area contributed by atoms with Crippen LogP contribution in [-0.2, 0) is 0 Å². The number of nitrogens with one attached hydrogen (secondary N) is 1. The lowest BCUT2D eigenvalue weighted by atomic mass is 10.1. The van der Waals surface area contributed by atoms with E-state index in [0.717, 1.165) is 11.4 Å². The van der Waals surface area contributed by atoms with E-state index in [2.05, 4.69) is 5.32 Å². The smallest absolute Gasteiger partial charge is 0.337 e. The number of benzene rings is 2. The first kappa shape index (κ1) is 13.3. The molecule has 0 aliphatic rings. The highest BCUT2D eigenvalue weighted by atomic mass is 32.2. The Morgan fingerprint density at radius 3 is 2.32 bits per heavy atom. The second kappa shape index (κ2) is 5.67. The number of nitrogens with two attached hydrogens (primary N) is 1. The highest BCUT2D eigenvalue weighted by Gasteiger charge is 2.07. The quantitative estimate of drug-likeness (QED) is 0.588. The van der Waals surface area contributed by atoms with Gasteiger partial charge in [-0.15, -0.1) is 11.8 Å². The van der Waals surface area contributed by atoms with Crippen LogP contribution in [0.15, 0.2) is 47.4 Å². The zero-order valence-corrected chi connectivity index (χ0v) is 11.2. The van der Waals surface area contributed by atoms with Gasteiger partial charge in [-0.25, -0.2) is 4.79 Å². The normalized spacial score (nSPS) is 10.2.